The summed E-state index contributed by atoms with van der Waals surface area (Å²) in [7, 11) is 1.53. The summed E-state index contributed by atoms with van der Waals surface area (Å²) in [4.78, 5) is 35.9. The van der Waals surface area contributed by atoms with Gasteiger partial charge in [0.25, 0.3) is 0 Å². The molecule has 0 saturated heterocycles. The van der Waals surface area contributed by atoms with Crippen LogP contribution in [0.3, 0.4) is 0 Å². The van der Waals surface area contributed by atoms with E-state index in [9.17, 15) is 14.4 Å². The number of esters is 1. The van der Waals surface area contributed by atoms with Crippen molar-refractivity contribution in [1.82, 2.24) is 0 Å². The lowest BCUT2D eigenvalue weighted by Crippen LogP contribution is -2.27. The van der Waals surface area contributed by atoms with Crippen molar-refractivity contribution in [2.24, 2.45) is 0 Å². The van der Waals surface area contributed by atoms with E-state index in [0.717, 1.165) is 10.9 Å². The lowest BCUT2D eigenvalue weighted by molar-refractivity contribution is -0.148. The van der Waals surface area contributed by atoms with Crippen molar-refractivity contribution in [3.05, 3.63) is 70.1 Å². The molecular weight excluding hydrogens is 376 g/mol. The monoisotopic (exact) mass is 396 g/mol. The molecule has 3 rings (SSSR count). The maximum Gasteiger partial charge on any atom is 0.344 e. The molecule has 0 spiro atoms. The number of methoxy groups -OCH3 is 1. The Balaban J connectivity index is 1.59. The molecule has 150 valence electrons. The molecule has 0 fully saturated rings. The van der Waals surface area contributed by atoms with Gasteiger partial charge in [0.1, 0.15) is 17.1 Å². The van der Waals surface area contributed by atoms with Gasteiger partial charge in [-0.2, -0.15) is 0 Å². The van der Waals surface area contributed by atoms with Gasteiger partial charge in [0.2, 0.25) is 5.78 Å². The predicted octanol–water partition coefficient (Wildman–Crippen LogP) is 3.30. The molecule has 29 heavy (non-hydrogen) atoms. The second-order valence-corrected chi connectivity index (χ2v) is 6.42. The standard InChI is InChI=1S/C22H20O7/c1-13-10-20(23)29-19-11-17(8-9-18(13)19)27-12-21(24)28-14(2)22(25)15-4-6-16(26-3)7-5-15/h4-11,14H,12H2,1-3H3/t14-/m1/s1. The van der Waals surface area contributed by atoms with Gasteiger partial charge in [-0.25, -0.2) is 9.59 Å². The highest BCUT2D eigenvalue weighted by Gasteiger charge is 2.20. The Bertz CT molecular complexity index is 1100. The number of ketones is 1. The average molecular weight is 396 g/mol. The van der Waals surface area contributed by atoms with E-state index in [2.05, 4.69) is 0 Å². The molecule has 7 nitrogen and oxygen atoms in total. The summed E-state index contributed by atoms with van der Waals surface area (Å²) in [5.74, 6) is -0.0487. The molecule has 0 saturated carbocycles. The first kappa shape index (κ1) is 20.1. The summed E-state index contributed by atoms with van der Waals surface area (Å²) >= 11 is 0. The van der Waals surface area contributed by atoms with Crippen LogP contribution in [-0.4, -0.2) is 31.6 Å². The van der Waals surface area contributed by atoms with Crippen LogP contribution >= 0.6 is 0 Å². The zero-order chi connectivity index (χ0) is 21.0. The van der Waals surface area contributed by atoms with Crippen LogP contribution in [0.2, 0.25) is 0 Å². The second-order valence-electron chi connectivity index (χ2n) is 6.42. The fourth-order valence-corrected chi connectivity index (χ4v) is 2.81. The summed E-state index contributed by atoms with van der Waals surface area (Å²) in [5, 5.41) is 0.776. The molecule has 0 amide bonds. The highest BCUT2D eigenvalue weighted by atomic mass is 16.6. The largest absolute Gasteiger partial charge is 0.497 e. The van der Waals surface area contributed by atoms with Crippen LogP contribution in [0.25, 0.3) is 11.0 Å². The minimum atomic E-state index is -0.961. The Morgan fingerprint density at radius 1 is 1.03 bits per heavy atom. The van der Waals surface area contributed by atoms with E-state index >= 15 is 0 Å². The number of aryl methyl sites for hydroxylation is 1. The maximum atomic E-state index is 12.4. The van der Waals surface area contributed by atoms with Crippen LogP contribution in [0.4, 0.5) is 0 Å². The molecule has 7 heteroatoms. The number of benzene rings is 2. The van der Waals surface area contributed by atoms with E-state index in [1.165, 1.54) is 26.2 Å². The van der Waals surface area contributed by atoms with Crippen LogP contribution in [0.5, 0.6) is 11.5 Å². The fourth-order valence-electron chi connectivity index (χ4n) is 2.81. The Kier molecular flexibility index (Phi) is 5.97. The number of fused-ring (bicyclic) bond motifs is 1. The predicted molar refractivity (Wildman–Crippen MR) is 106 cm³/mol. The van der Waals surface area contributed by atoms with Crippen LogP contribution in [0, 0.1) is 6.92 Å². The van der Waals surface area contributed by atoms with Gasteiger partial charge < -0.3 is 18.6 Å². The van der Waals surface area contributed by atoms with Crippen LogP contribution in [-0.2, 0) is 9.53 Å². The smallest absolute Gasteiger partial charge is 0.344 e. The van der Waals surface area contributed by atoms with E-state index in [-0.39, 0.29) is 12.4 Å². The third-order valence-corrected chi connectivity index (χ3v) is 4.33. The minimum absolute atomic E-state index is 0.330. The van der Waals surface area contributed by atoms with Crippen molar-refractivity contribution >= 4 is 22.7 Å². The van der Waals surface area contributed by atoms with Gasteiger partial charge in [-0.15, -0.1) is 0 Å². The molecule has 2 aromatic carbocycles. The van der Waals surface area contributed by atoms with Crippen molar-refractivity contribution in [1.29, 1.82) is 0 Å². The number of ether oxygens (including phenoxy) is 3. The summed E-state index contributed by atoms with van der Waals surface area (Å²) in [6.45, 7) is 2.91. The number of carbonyl (C=O) groups is 2. The van der Waals surface area contributed by atoms with Gasteiger partial charge >= 0.3 is 11.6 Å². The van der Waals surface area contributed by atoms with Crippen molar-refractivity contribution in [3.63, 3.8) is 0 Å². The van der Waals surface area contributed by atoms with E-state index in [1.807, 2.05) is 0 Å². The number of Topliss-reactive ketones (excluding diaryl/α,β-unsaturated/α-hetero) is 1. The number of hydrogen-bond donors (Lipinski definition) is 0. The van der Waals surface area contributed by atoms with E-state index < -0.39 is 17.7 Å². The molecule has 1 aromatic heterocycles. The second kappa shape index (κ2) is 8.60. The Hall–Kier alpha value is -3.61. The lowest BCUT2D eigenvalue weighted by atomic mass is 10.1. The van der Waals surface area contributed by atoms with Crippen molar-refractivity contribution in [2.75, 3.05) is 13.7 Å². The van der Waals surface area contributed by atoms with Gasteiger partial charge in [0, 0.05) is 23.1 Å². The van der Waals surface area contributed by atoms with Gasteiger partial charge in [-0.1, -0.05) is 0 Å². The summed E-state index contributed by atoms with van der Waals surface area (Å²) < 4.78 is 20.8. The molecule has 0 radical (unpaired) electrons. The molecule has 0 aliphatic heterocycles. The zero-order valence-electron chi connectivity index (χ0n) is 16.3. The van der Waals surface area contributed by atoms with Crippen LogP contribution in [0.15, 0.2) is 57.7 Å². The topological polar surface area (TPSA) is 92.0 Å². The highest BCUT2D eigenvalue weighted by molar-refractivity contribution is 6.00. The molecule has 3 aromatic rings. The molecule has 0 aliphatic rings. The molecule has 0 unspecified atom stereocenters. The summed E-state index contributed by atoms with van der Waals surface area (Å²) in [6, 6.07) is 12.9. The number of carbonyl (C=O) groups excluding carboxylic acids is 2. The van der Waals surface area contributed by atoms with Crippen molar-refractivity contribution in [2.45, 2.75) is 20.0 Å². The first-order valence-corrected chi connectivity index (χ1v) is 8.92. The third kappa shape index (κ3) is 4.82. The van der Waals surface area contributed by atoms with Gasteiger partial charge in [-0.3, -0.25) is 4.79 Å². The average Bonchev–Trinajstić information content (AvgIpc) is 2.71. The van der Waals surface area contributed by atoms with Gasteiger partial charge in [0.05, 0.1) is 7.11 Å². The van der Waals surface area contributed by atoms with Crippen LogP contribution in [0.1, 0.15) is 22.8 Å². The Morgan fingerprint density at radius 3 is 2.41 bits per heavy atom. The molecule has 1 atom stereocenters. The van der Waals surface area contributed by atoms with Crippen LogP contribution < -0.4 is 15.1 Å². The fraction of sp³-hybridized carbons (Fsp3) is 0.227. The Morgan fingerprint density at radius 2 is 1.72 bits per heavy atom. The first-order valence-electron chi connectivity index (χ1n) is 8.92. The van der Waals surface area contributed by atoms with Crippen molar-refractivity contribution < 1.29 is 28.2 Å². The molecular formula is C22H20O7. The highest BCUT2D eigenvalue weighted by Crippen LogP contribution is 2.22. The normalized spacial score (nSPS) is 11.7. The zero-order valence-corrected chi connectivity index (χ0v) is 16.3. The molecule has 0 aliphatic carbocycles. The summed E-state index contributed by atoms with van der Waals surface area (Å²) in [6.07, 6.45) is -0.961. The van der Waals surface area contributed by atoms with E-state index in [0.29, 0.717) is 22.6 Å². The SMILES string of the molecule is COc1ccc(C(=O)[C@@H](C)OC(=O)COc2ccc3c(C)cc(=O)oc3c2)cc1. The minimum Gasteiger partial charge on any atom is -0.497 e. The number of rotatable bonds is 7. The summed E-state index contributed by atoms with van der Waals surface area (Å²) in [5.41, 5.74) is 1.10. The maximum absolute atomic E-state index is 12.4. The number of hydrogen-bond acceptors (Lipinski definition) is 7. The molecule has 0 bridgehead atoms. The van der Waals surface area contributed by atoms with Crippen molar-refractivity contribution in [3.8, 4) is 11.5 Å². The quantitative estimate of drug-likeness (QED) is 0.344. The molecule has 1 heterocycles. The van der Waals surface area contributed by atoms with Gasteiger partial charge in [0.15, 0.2) is 12.7 Å². The first-order chi connectivity index (χ1) is 13.9. The Labute approximate surface area is 166 Å². The van der Waals surface area contributed by atoms with E-state index in [4.69, 9.17) is 18.6 Å². The third-order valence-electron chi connectivity index (χ3n) is 4.33. The lowest BCUT2D eigenvalue weighted by Gasteiger charge is -2.13. The van der Waals surface area contributed by atoms with Gasteiger partial charge in [-0.05, 0) is 55.8 Å². The van der Waals surface area contributed by atoms with E-state index in [1.54, 1.807) is 43.3 Å². The molecule has 0 N–H and O–H groups in total.